The van der Waals surface area contributed by atoms with Crippen molar-refractivity contribution < 1.29 is 9.53 Å². The summed E-state index contributed by atoms with van der Waals surface area (Å²) < 4.78 is 5.34. The van der Waals surface area contributed by atoms with E-state index in [0.29, 0.717) is 6.61 Å². The van der Waals surface area contributed by atoms with Crippen molar-refractivity contribution in [2.75, 3.05) is 65.6 Å². The predicted molar refractivity (Wildman–Crippen MR) is 80.0 cm³/mol. The van der Waals surface area contributed by atoms with Gasteiger partial charge in [-0.05, 0) is 38.8 Å². The maximum Gasteiger partial charge on any atom is 0.155 e. The molecule has 2 rings (SSSR count). The van der Waals surface area contributed by atoms with E-state index in [1.165, 1.54) is 45.6 Å². The van der Waals surface area contributed by atoms with Gasteiger partial charge in [0.25, 0.3) is 0 Å². The number of Topliss-reactive ketones (excluding diaryl/α,β-unsaturated/α-hetero) is 1. The molecule has 0 atom stereocenters. The van der Waals surface area contributed by atoms with Crippen molar-refractivity contribution in [1.29, 1.82) is 0 Å². The highest BCUT2D eigenvalue weighted by Crippen LogP contribution is 2.18. The third-order valence-corrected chi connectivity index (χ3v) is 4.29. The first-order valence-electron chi connectivity index (χ1n) is 7.96. The fourth-order valence-electron chi connectivity index (χ4n) is 3.06. The maximum atomic E-state index is 10.8. The SMILES string of the molecule is CC(=O)COCCN1CCC(CN2CCNCC2)CC1. The molecule has 0 aromatic heterocycles. The van der Waals surface area contributed by atoms with Crippen molar-refractivity contribution in [2.45, 2.75) is 19.8 Å². The first-order chi connectivity index (χ1) is 9.74. The molecular weight excluding hydrogens is 254 g/mol. The zero-order valence-corrected chi connectivity index (χ0v) is 12.8. The van der Waals surface area contributed by atoms with Gasteiger partial charge in [0.05, 0.1) is 6.61 Å². The van der Waals surface area contributed by atoms with Gasteiger partial charge in [0.2, 0.25) is 0 Å². The normalized spacial score (nSPS) is 23.1. The Labute approximate surface area is 122 Å². The molecule has 0 saturated carbocycles. The van der Waals surface area contributed by atoms with E-state index in [1.807, 2.05) is 0 Å². The lowest BCUT2D eigenvalue weighted by Gasteiger charge is -2.36. The molecule has 0 amide bonds. The molecule has 0 bridgehead atoms. The second-order valence-electron chi connectivity index (χ2n) is 6.09. The number of ketones is 1. The third-order valence-electron chi connectivity index (χ3n) is 4.29. The van der Waals surface area contributed by atoms with Crippen LogP contribution in [0.15, 0.2) is 0 Å². The number of rotatable bonds is 7. The number of piperazine rings is 1. The summed E-state index contributed by atoms with van der Waals surface area (Å²) in [6.45, 7) is 11.8. The van der Waals surface area contributed by atoms with E-state index in [-0.39, 0.29) is 12.4 Å². The third kappa shape index (κ3) is 5.87. The summed E-state index contributed by atoms with van der Waals surface area (Å²) in [5.41, 5.74) is 0. The van der Waals surface area contributed by atoms with E-state index in [2.05, 4.69) is 15.1 Å². The molecule has 5 nitrogen and oxygen atoms in total. The van der Waals surface area contributed by atoms with Crippen molar-refractivity contribution in [3.8, 4) is 0 Å². The van der Waals surface area contributed by atoms with E-state index >= 15 is 0 Å². The lowest BCUT2D eigenvalue weighted by molar-refractivity contribution is -0.121. The maximum absolute atomic E-state index is 10.8. The molecule has 5 heteroatoms. The number of carbonyl (C=O) groups is 1. The van der Waals surface area contributed by atoms with E-state index < -0.39 is 0 Å². The Morgan fingerprint density at radius 2 is 1.85 bits per heavy atom. The number of nitrogens with zero attached hydrogens (tertiary/aromatic N) is 2. The second kappa shape index (κ2) is 8.72. The van der Waals surface area contributed by atoms with Crippen molar-refractivity contribution in [3.63, 3.8) is 0 Å². The van der Waals surface area contributed by atoms with Crippen LogP contribution in [0.5, 0.6) is 0 Å². The molecule has 2 fully saturated rings. The minimum absolute atomic E-state index is 0.111. The minimum Gasteiger partial charge on any atom is -0.372 e. The summed E-state index contributed by atoms with van der Waals surface area (Å²) in [6.07, 6.45) is 2.60. The molecule has 2 heterocycles. The molecule has 0 unspecified atom stereocenters. The van der Waals surface area contributed by atoms with Crippen molar-refractivity contribution in [1.82, 2.24) is 15.1 Å². The van der Waals surface area contributed by atoms with Gasteiger partial charge in [0, 0.05) is 39.3 Å². The molecule has 1 N–H and O–H groups in total. The highest BCUT2D eigenvalue weighted by Gasteiger charge is 2.21. The largest absolute Gasteiger partial charge is 0.372 e. The van der Waals surface area contributed by atoms with Crippen LogP contribution in [0.1, 0.15) is 19.8 Å². The fourth-order valence-corrected chi connectivity index (χ4v) is 3.06. The number of likely N-dealkylation sites (tertiary alicyclic amines) is 1. The fraction of sp³-hybridized carbons (Fsp3) is 0.933. The van der Waals surface area contributed by atoms with Crippen LogP contribution in [0.25, 0.3) is 0 Å². The van der Waals surface area contributed by atoms with Crippen LogP contribution < -0.4 is 5.32 Å². The van der Waals surface area contributed by atoms with Crippen LogP contribution >= 0.6 is 0 Å². The average molecular weight is 283 g/mol. The molecule has 0 aromatic rings. The zero-order valence-electron chi connectivity index (χ0n) is 12.8. The minimum atomic E-state index is 0.111. The number of nitrogens with one attached hydrogen (secondary N) is 1. The van der Waals surface area contributed by atoms with E-state index in [4.69, 9.17) is 4.74 Å². The summed E-state index contributed by atoms with van der Waals surface area (Å²) in [5, 5.41) is 3.41. The van der Waals surface area contributed by atoms with Crippen molar-refractivity contribution in [2.24, 2.45) is 5.92 Å². The standard InChI is InChI=1S/C15H29N3O2/c1-14(19)13-20-11-10-17-6-2-15(3-7-17)12-18-8-4-16-5-9-18/h15-16H,2-13H2,1H3. The van der Waals surface area contributed by atoms with E-state index in [0.717, 1.165) is 25.6 Å². The highest BCUT2D eigenvalue weighted by atomic mass is 16.5. The average Bonchev–Trinajstić information content (AvgIpc) is 2.46. The molecule has 2 aliphatic rings. The van der Waals surface area contributed by atoms with Crippen molar-refractivity contribution in [3.05, 3.63) is 0 Å². The lowest BCUT2D eigenvalue weighted by atomic mass is 9.96. The Bertz CT molecular complexity index is 285. The first-order valence-corrected chi connectivity index (χ1v) is 7.96. The smallest absolute Gasteiger partial charge is 0.155 e. The second-order valence-corrected chi connectivity index (χ2v) is 6.09. The zero-order chi connectivity index (χ0) is 14.2. The molecule has 20 heavy (non-hydrogen) atoms. The van der Waals surface area contributed by atoms with E-state index in [9.17, 15) is 4.79 Å². The summed E-state index contributed by atoms with van der Waals surface area (Å²) in [7, 11) is 0. The number of hydrogen-bond donors (Lipinski definition) is 1. The quantitative estimate of drug-likeness (QED) is 0.677. The molecule has 116 valence electrons. The molecule has 0 radical (unpaired) electrons. The molecular formula is C15H29N3O2. The summed E-state index contributed by atoms with van der Waals surface area (Å²) in [6, 6.07) is 0. The highest BCUT2D eigenvalue weighted by molar-refractivity contribution is 5.76. The van der Waals surface area contributed by atoms with Gasteiger partial charge in [-0.1, -0.05) is 0 Å². The summed E-state index contributed by atoms with van der Waals surface area (Å²) in [4.78, 5) is 15.8. The summed E-state index contributed by atoms with van der Waals surface area (Å²) >= 11 is 0. The van der Waals surface area contributed by atoms with Crippen LogP contribution in [0.2, 0.25) is 0 Å². The number of piperidine rings is 1. The van der Waals surface area contributed by atoms with E-state index in [1.54, 1.807) is 6.92 Å². The first kappa shape index (κ1) is 15.9. The Kier molecular flexibility index (Phi) is 6.93. The van der Waals surface area contributed by atoms with Gasteiger partial charge in [0.15, 0.2) is 5.78 Å². The molecule has 2 saturated heterocycles. The number of ether oxygens (including phenoxy) is 1. The molecule has 0 spiro atoms. The van der Waals surface area contributed by atoms with Gasteiger partial charge in [-0.3, -0.25) is 4.79 Å². The monoisotopic (exact) mass is 283 g/mol. The lowest BCUT2D eigenvalue weighted by Crippen LogP contribution is -2.47. The van der Waals surface area contributed by atoms with Crippen molar-refractivity contribution >= 4 is 5.78 Å². The number of hydrogen-bond acceptors (Lipinski definition) is 5. The van der Waals surface area contributed by atoms with Gasteiger partial charge in [-0.15, -0.1) is 0 Å². The van der Waals surface area contributed by atoms with Gasteiger partial charge < -0.3 is 19.9 Å². The molecule has 2 aliphatic heterocycles. The summed E-state index contributed by atoms with van der Waals surface area (Å²) in [5.74, 6) is 0.974. The van der Waals surface area contributed by atoms with Crippen LogP contribution in [0.3, 0.4) is 0 Å². The van der Waals surface area contributed by atoms with Crippen LogP contribution in [0.4, 0.5) is 0 Å². The Morgan fingerprint density at radius 1 is 1.15 bits per heavy atom. The number of carbonyl (C=O) groups excluding carboxylic acids is 1. The topological polar surface area (TPSA) is 44.8 Å². The van der Waals surface area contributed by atoms with Crippen LogP contribution in [0, 0.1) is 5.92 Å². The Morgan fingerprint density at radius 3 is 2.50 bits per heavy atom. The van der Waals surface area contributed by atoms with Gasteiger partial charge in [-0.2, -0.15) is 0 Å². The molecule has 0 aliphatic carbocycles. The van der Waals surface area contributed by atoms with Gasteiger partial charge in [-0.25, -0.2) is 0 Å². The van der Waals surface area contributed by atoms with Gasteiger partial charge >= 0.3 is 0 Å². The molecule has 0 aromatic carbocycles. The Hall–Kier alpha value is -0.490. The van der Waals surface area contributed by atoms with Gasteiger partial charge in [0.1, 0.15) is 6.61 Å². The predicted octanol–water partition coefficient (Wildman–Crippen LogP) is 0.209. The Balaban J connectivity index is 1.54. The van der Waals surface area contributed by atoms with Crippen LogP contribution in [-0.4, -0.2) is 81.2 Å². The van der Waals surface area contributed by atoms with Crippen LogP contribution in [-0.2, 0) is 9.53 Å².